The van der Waals surface area contributed by atoms with E-state index >= 15 is 0 Å². The highest BCUT2D eigenvalue weighted by Gasteiger charge is 2.28. The van der Waals surface area contributed by atoms with Gasteiger partial charge in [0.2, 0.25) is 0 Å². The lowest BCUT2D eigenvalue weighted by atomic mass is 10.6. The van der Waals surface area contributed by atoms with Crippen molar-refractivity contribution in [1.29, 1.82) is 0 Å². The molecule has 0 saturated heterocycles. The molecule has 4 heteroatoms. The largest absolute Gasteiger partial charge is 0.336 e. The molecule has 14 heavy (non-hydrogen) atoms. The molecule has 0 saturated carbocycles. The summed E-state index contributed by atoms with van der Waals surface area (Å²) in [4.78, 5) is 6.02. The van der Waals surface area contributed by atoms with Crippen molar-refractivity contribution in [2.75, 3.05) is 27.2 Å². The topological polar surface area (TPSA) is 15.3 Å². The summed E-state index contributed by atoms with van der Waals surface area (Å²) in [5.41, 5.74) is 1.48. The van der Waals surface area contributed by atoms with Gasteiger partial charge >= 0.3 is 0 Å². The fourth-order valence-electron chi connectivity index (χ4n) is 2.01. The van der Waals surface area contributed by atoms with Crippen LogP contribution in [0.25, 0.3) is 0 Å². The lowest BCUT2D eigenvalue weighted by molar-refractivity contribution is 0.413. The molecule has 2 nitrogen and oxygen atoms in total. The van der Waals surface area contributed by atoms with Crippen LogP contribution in [-0.4, -0.2) is 48.4 Å². The molecular formula is C10H28N2Si2. The fraction of sp³-hybridized carbons (Fsp3) is 1.00. The van der Waals surface area contributed by atoms with Gasteiger partial charge in [-0.1, -0.05) is 32.7 Å². The molecule has 0 amide bonds. The normalized spacial score (nSPS) is 13.7. The average molecular weight is 233 g/mol. The first kappa shape index (κ1) is 14.4. The van der Waals surface area contributed by atoms with Crippen LogP contribution in [0.3, 0.4) is 0 Å². The molecule has 0 aliphatic heterocycles. The summed E-state index contributed by atoms with van der Waals surface area (Å²) in [6, 6.07) is 0. The number of hydrogen-bond acceptors (Lipinski definition) is 2. The first-order valence-electron chi connectivity index (χ1n) is 5.52. The molecule has 0 aliphatic rings. The van der Waals surface area contributed by atoms with E-state index in [0.717, 1.165) is 13.1 Å². The Bertz CT molecular complexity index is 162. The van der Waals surface area contributed by atoms with E-state index in [0.29, 0.717) is 0 Å². The van der Waals surface area contributed by atoms with E-state index < -0.39 is 16.3 Å². The van der Waals surface area contributed by atoms with Crippen molar-refractivity contribution >= 4 is 16.3 Å². The lowest BCUT2D eigenvalue weighted by Crippen LogP contribution is -2.51. The highest BCUT2D eigenvalue weighted by molar-refractivity contribution is 6.93. The third-order valence-corrected chi connectivity index (χ3v) is 11.1. The molecule has 86 valence electrons. The van der Waals surface area contributed by atoms with Crippen molar-refractivity contribution in [3.8, 4) is 0 Å². The van der Waals surface area contributed by atoms with Crippen molar-refractivity contribution in [1.82, 2.24) is 9.88 Å². The van der Waals surface area contributed by atoms with Crippen LogP contribution in [0.1, 0.15) is 0 Å². The van der Waals surface area contributed by atoms with Crippen molar-refractivity contribution in [2.24, 2.45) is 0 Å². The molecular weight excluding hydrogens is 204 g/mol. The molecule has 0 aromatic heterocycles. The summed E-state index contributed by atoms with van der Waals surface area (Å²) >= 11 is 0. The molecule has 0 radical (unpaired) electrons. The van der Waals surface area contributed by atoms with Crippen LogP contribution in [0.2, 0.25) is 38.4 Å². The minimum atomic E-state index is -1.12. The zero-order valence-corrected chi connectivity index (χ0v) is 13.1. The Morgan fingerprint density at radius 1 is 1.00 bits per heavy atom. The van der Waals surface area contributed by atoms with E-state index in [1.54, 1.807) is 0 Å². The van der Waals surface area contributed by atoms with Crippen LogP contribution in [0, 0.1) is 0 Å². The zero-order valence-electron chi connectivity index (χ0n) is 11.1. The maximum atomic E-state index is 3.78. The number of rotatable bonds is 6. The summed E-state index contributed by atoms with van der Waals surface area (Å²) < 4.78 is 0. The monoisotopic (exact) mass is 232 g/mol. The molecule has 0 rings (SSSR count). The Morgan fingerprint density at radius 3 is 1.86 bits per heavy atom. The van der Waals surface area contributed by atoms with Gasteiger partial charge in [0.25, 0.3) is 0 Å². The van der Waals surface area contributed by atoms with Gasteiger partial charge in [0.05, 0.1) is 0 Å². The molecule has 0 heterocycles. The minimum Gasteiger partial charge on any atom is -0.336 e. The molecule has 0 unspecified atom stereocenters. The average Bonchev–Trinajstić information content (AvgIpc) is 1.78. The van der Waals surface area contributed by atoms with E-state index in [-0.39, 0.29) is 0 Å². The summed E-state index contributed by atoms with van der Waals surface area (Å²) in [5, 5.41) is 0. The van der Waals surface area contributed by atoms with Crippen molar-refractivity contribution in [3.05, 3.63) is 0 Å². The number of nitrogens with zero attached hydrogens (tertiary/aromatic N) is 1. The Kier molecular flexibility index (Phi) is 5.58. The van der Waals surface area contributed by atoms with Crippen molar-refractivity contribution in [3.63, 3.8) is 0 Å². The molecule has 0 aromatic rings. The van der Waals surface area contributed by atoms with Gasteiger partial charge in [0.15, 0.2) is 0 Å². The summed E-state index contributed by atoms with van der Waals surface area (Å²) in [6.07, 6.45) is 0. The van der Waals surface area contributed by atoms with Crippen LogP contribution in [0.4, 0.5) is 0 Å². The smallest absolute Gasteiger partial charge is 0.116 e. The third kappa shape index (κ3) is 8.93. The first-order valence-corrected chi connectivity index (χ1v) is 12.4. The van der Waals surface area contributed by atoms with Crippen LogP contribution in [0.5, 0.6) is 0 Å². The molecule has 0 bridgehead atoms. The van der Waals surface area contributed by atoms with E-state index in [9.17, 15) is 0 Å². The second-order valence-corrected chi connectivity index (χ2v) is 17.0. The van der Waals surface area contributed by atoms with Gasteiger partial charge in [0.1, 0.15) is 8.24 Å². The van der Waals surface area contributed by atoms with E-state index in [4.69, 9.17) is 0 Å². The van der Waals surface area contributed by atoms with Gasteiger partial charge in [-0.15, -0.1) is 0 Å². The van der Waals surface area contributed by atoms with E-state index in [2.05, 4.69) is 56.7 Å². The van der Waals surface area contributed by atoms with Gasteiger partial charge in [-0.3, -0.25) is 0 Å². The highest BCUT2D eigenvalue weighted by atomic mass is 28.4. The SMILES string of the molecule is CN(C)CCN[Si](C)(C)C[Si](C)(C)C. The van der Waals surface area contributed by atoms with Crippen molar-refractivity contribution in [2.45, 2.75) is 38.4 Å². The maximum absolute atomic E-state index is 3.78. The Morgan fingerprint density at radius 2 is 1.50 bits per heavy atom. The second kappa shape index (κ2) is 5.44. The van der Waals surface area contributed by atoms with Gasteiger partial charge in [0, 0.05) is 21.2 Å². The Hall–Kier alpha value is 0.354. The molecule has 0 aromatic carbocycles. The number of hydrogen-bond donors (Lipinski definition) is 1. The van der Waals surface area contributed by atoms with Crippen molar-refractivity contribution < 1.29 is 0 Å². The Labute approximate surface area is 92.2 Å². The molecule has 0 spiro atoms. The summed E-state index contributed by atoms with van der Waals surface area (Å²) in [5.74, 6) is 0. The minimum absolute atomic E-state index is 0.884. The van der Waals surface area contributed by atoms with Crippen LogP contribution >= 0.6 is 0 Å². The standard InChI is InChI=1S/C10H28N2Si2/c1-12(2)9-8-11-14(6,7)10-13(3,4)5/h11H,8-10H2,1-7H3. The summed E-state index contributed by atoms with van der Waals surface area (Å²) in [6.45, 7) is 14.6. The van der Waals surface area contributed by atoms with E-state index in [1.165, 1.54) is 5.67 Å². The third-order valence-electron chi connectivity index (χ3n) is 2.13. The van der Waals surface area contributed by atoms with Gasteiger partial charge < -0.3 is 9.88 Å². The lowest BCUT2D eigenvalue weighted by Gasteiger charge is -2.30. The molecule has 0 aliphatic carbocycles. The molecule has 0 atom stereocenters. The van der Waals surface area contributed by atoms with Gasteiger partial charge in [-0.2, -0.15) is 0 Å². The van der Waals surface area contributed by atoms with Crippen LogP contribution in [0.15, 0.2) is 0 Å². The van der Waals surface area contributed by atoms with E-state index in [1.807, 2.05) is 0 Å². The number of likely N-dealkylation sites (N-methyl/N-ethyl adjacent to an activating group) is 1. The zero-order chi connectivity index (χ0) is 11.4. The summed E-state index contributed by atoms with van der Waals surface area (Å²) in [7, 11) is 2.26. The fourth-order valence-corrected chi connectivity index (χ4v) is 13.9. The Balaban J connectivity index is 3.84. The first-order chi connectivity index (χ1) is 6.12. The molecule has 0 fully saturated rings. The van der Waals surface area contributed by atoms with Gasteiger partial charge in [-0.05, 0) is 19.8 Å². The highest BCUT2D eigenvalue weighted by Crippen LogP contribution is 2.16. The number of nitrogens with one attached hydrogen (secondary N) is 1. The van der Waals surface area contributed by atoms with Crippen LogP contribution in [-0.2, 0) is 0 Å². The predicted molar refractivity (Wildman–Crippen MR) is 72.2 cm³/mol. The predicted octanol–water partition coefficient (Wildman–Crippen LogP) is 2.22. The quantitative estimate of drug-likeness (QED) is 0.707. The molecule has 1 N–H and O–H groups in total. The van der Waals surface area contributed by atoms with Crippen LogP contribution < -0.4 is 4.98 Å². The van der Waals surface area contributed by atoms with Gasteiger partial charge in [-0.25, -0.2) is 0 Å². The maximum Gasteiger partial charge on any atom is 0.116 e. The second-order valence-electron chi connectivity index (χ2n) is 6.35.